The minimum absolute atomic E-state index is 0.212. The van der Waals surface area contributed by atoms with Crippen molar-refractivity contribution in [2.75, 3.05) is 23.8 Å². The zero-order chi connectivity index (χ0) is 20.5. The third kappa shape index (κ3) is 5.90. The van der Waals surface area contributed by atoms with E-state index in [1.807, 2.05) is 0 Å². The van der Waals surface area contributed by atoms with Gasteiger partial charge in [0.25, 0.3) is 0 Å². The van der Waals surface area contributed by atoms with E-state index in [4.69, 9.17) is 4.74 Å². The lowest BCUT2D eigenvalue weighted by atomic mass is 10.1. The largest absolute Gasteiger partial charge is 0.454 e. The summed E-state index contributed by atoms with van der Waals surface area (Å²) in [6.07, 6.45) is 1.97. The predicted molar refractivity (Wildman–Crippen MR) is 105 cm³/mol. The van der Waals surface area contributed by atoms with Crippen LogP contribution in [-0.4, -0.2) is 30.8 Å². The molecule has 148 valence electrons. The minimum Gasteiger partial charge on any atom is -0.454 e. The van der Waals surface area contributed by atoms with Gasteiger partial charge in [0.1, 0.15) is 5.82 Å². The van der Waals surface area contributed by atoms with Gasteiger partial charge < -0.3 is 15.4 Å². The molecule has 0 aliphatic rings. The number of hydrogen-bond acceptors (Lipinski definition) is 5. The fourth-order valence-electron chi connectivity index (χ4n) is 2.52. The van der Waals surface area contributed by atoms with Crippen LogP contribution in [0.4, 0.5) is 15.8 Å². The maximum Gasteiger partial charge on any atom is 0.340 e. The molecule has 2 N–H and O–H groups in total. The Morgan fingerprint density at radius 2 is 1.82 bits per heavy atom. The van der Waals surface area contributed by atoms with Gasteiger partial charge in [-0.2, -0.15) is 0 Å². The van der Waals surface area contributed by atoms with Gasteiger partial charge in [-0.15, -0.1) is 0 Å². The van der Waals surface area contributed by atoms with Gasteiger partial charge in [0.2, 0.25) is 11.7 Å². The van der Waals surface area contributed by atoms with E-state index in [-0.39, 0.29) is 17.2 Å². The fraction of sp³-hybridized carbons (Fsp3) is 0.286. The minimum atomic E-state index is -0.797. The molecule has 6 nitrogen and oxygen atoms in total. The summed E-state index contributed by atoms with van der Waals surface area (Å²) in [6, 6.07) is 10.6. The van der Waals surface area contributed by atoms with Gasteiger partial charge in [-0.3, -0.25) is 9.59 Å². The van der Waals surface area contributed by atoms with Crippen LogP contribution in [0.2, 0.25) is 0 Å². The highest BCUT2D eigenvalue weighted by Gasteiger charge is 2.17. The van der Waals surface area contributed by atoms with Crippen LogP contribution < -0.4 is 10.6 Å². The highest BCUT2D eigenvalue weighted by atomic mass is 19.1. The van der Waals surface area contributed by atoms with Crippen LogP contribution in [0.25, 0.3) is 0 Å². The summed E-state index contributed by atoms with van der Waals surface area (Å²) < 4.78 is 19.2. The third-order valence-electron chi connectivity index (χ3n) is 3.92. The van der Waals surface area contributed by atoms with Gasteiger partial charge in [0.05, 0.1) is 11.1 Å². The normalized spacial score (nSPS) is 10.2. The standard InChI is InChI=1S/C21H23FN2O4/c1-3-4-11-23-19-8-6-5-7-17(19)21(27)28-13-20(26)16-10-9-15(12-18(16)22)24-14(2)25/h5-10,12,23H,3-4,11,13H2,1-2H3,(H,24,25). The van der Waals surface area contributed by atoms with Crippen LogP contribution in [0, 0.1) is 5.82 Å². The first kappa shape index (κ1) is 21.1. The van der Waals surface area contributed by atoms with Crippen LogP contribution >= 0.6 is 0 Å². The number of para-hydroxylation sites is 1. The quantitative estimate of drug-likeness (QED) is 0.386. The first-order valence-corrected chi connectivity index (χ1v) is 9.02. The maximum atomic E-state index is 14.1. The Kier molecular flexibility index (Phi) is 7.68. The Hall–Kier alpha value is -3.22. The molecule has 0 aliphatic heterocycles. The highest BCUT2D eigenvalue weighted by Crippen LogP contribution is 2.18. The molecule has 0 atom stereocenters. The molecule has 1 amide bonds. The monoisotopic (exact) mass is 386 g/mol. The molecule has 2 rings (SSSR count). The van der Waals surface area contributed by atoms with Crippen molar-refractivity contribution in [3.8, 4) is 0 Å². The van der Waals surface area contributed by atoms with Crippen molar-refractivity contribution in [1.82, 2.24) is 0 Å². The Bertz CT molecular complexity index is 867. The lowest BCUT2D eigenvalue weighted by Crippen LogP contribution is -2.17. The number of ketones is 1. The number of hydrogen-bond donors (Lipinski definition) is 2. The summed E-state index contributed by atoms with van der Waals surface area (Å²) in [5, 5.41) is 5.59. The van der Waals surface area contributed by atoms with E-state index in [0.29, 0.717) is 17.8 Å². The predicted octanol–water partition coefficient (Wildman–Crippen LogP) is 4.04. The smallest absolute Gasteiger partial charge is 0.340 e. The number of ether oxygens (including phenoxy) is 1. The van der Waals surface area contributed by atoms with E-state index in [1.54, 1.807) is 24.3 Å². The average molecular weight is 386 g/mol. The average Bonchev–Trinajstić information content (AvgIpc) is 2.66. The summed E-state index contributed by atoms with van der Waals surface area (Å²) in [4.78, 5) is 35.6. The van der Waals surface area contributed by atoms with Crippen LogP contribution in [-0.2, 0) is 9.53 Å². The topological polar surface area (TPSA) is 84.5 Å². The number of nitrogens with one attached hydrogen (secondary N) is 2. The van der Waals surface area contributed by atoms with Crippen molar-refractivity contribution < 1.29 is 23.5 Å². The first-order valence-electron chi connectivity index (χ1n) is 9.02. The molecule has 0 heterocycles. The van der Waals surface area contributed by atoms with Crippen molar-refractivity contribution in [2.45, 2.75) is 26.7 Å². The molecular weight excluding hydrogens is 363 g/mol. The van der Waals surface area contributed by atoms with Crippen LogP contribution in [0.1, 0.15) is 47.4 Å². The molecule has 0 aromatic heterocycles. The number of unbranched alkanes of at least 4 members (excludes halogenated alkanes) is 1. The number of rotatable bonds is 9. The van der Waals surface area contributed by atoms with E-state index >= 15 is 0 Å². The second kappa shape index (κ2) is 10.2. The van der Waals surface area contributed by atoms with Crippen molar-refractivity contribution in [3.05, 3.63) is 59.4 Å². The molecule has 0 fully saturated rings. The molecule has 0 saturated carbocycles. The summed E-state index contributed by atoms with van der Waals surface area (Å²) in [7, 11) is 0. The van der Waals surface area contributed by atoms with Crippen molar-refractivity contribution in [2.24, 2.45) is 0 Å². The van der Waals surface area contributed by atoms with Crippen molar-refractivity contribution >= 4 is 29.0 Å². The lowest BCUT2D eigenvalue weighted by Gasteiger charge is -2.11. The van der Waals surface area contributed by atoms with E-state index in [2.05, 4.69) is 17.6 Å². The number of carbonyl (C=O) groups excluding carboxylic acids is 3. The van der Waals surface area contributed by atoms with Crippen LogP contribution in [0.5, 0.6) is 0 Å². The number of anilines is 2. The Morgan fingerprint density at radius 3 is 2.50 bits per heavy atom. The Labute approximate surface area is 163 Å². The SMILES string of the molecule is CCCCNc1ccccc1C(=O)OCC(=O)c1ccc(NC(C)=O)cc1F. The first-order chi connectivity index (χ1) is 13.4. The van der Waals surface area contributed by atoms with E-state index in [0.717, 1.165) is 18.9 Å². The van der Waals surface area contributed by atoms with Gasteiger partial charge >= 0.3 is 5.97 Å². The molecule has 7 heteroatoms. The Balaban J connectivity index is 2.01. The van der Waals surface area contributed by atoms with Gasteiger partial charge in [0, 0.05) is 24.8 Å². The number of carbonyl (C=O) groups is 3. The summed E-state index contributed by atoms with van der Waals surface area (Å²) in [5.41, 5.74) is 0.967. The third-order valence-corrected chi connectivity index (χ3v) is 3.92. The molecule has 0 aliphatic carbocycles. The molecule has 0 radical (unpaired) electrons. The summed E-state index contributed by atoms with van der Waals surface area (Å²) in [5.74, 6) is -2.48. The van der Waals surface area contributed by atoms with Gasteiger partial charge in [-0.1, -0.05) is 25.5 Å². The number of benzene rings is 2. The molecule has 0 saturated heterocycles. The summed E-state index contributed by atoms with van der Waals surface area (Å²) in [6.45, 7) is 3.49. The Morgan fingerprint density at radius 1 is 1.07 bits per heavy atom. The number of Topliss-reactive ketones (excluding diaryl/α,β-unsaturated/α-hetero) is 1. The van der Waals surface area contributed by atoms with Crippen LogP contribution in [0.15, 0.2) is 42.5 Å². The second-order valence-electron chi connectivity index (χ2n) is 6.20. The van der Waals surface area contributed by atoms with Crippen molar-refractivity contribution in [1.29, 1.82) is 0 Å². The number of halogens is 1. The maximum absolute atomic E-state index is 14.1. The molecular formula is C21H23FN2O4. The molecule has 0 bridgehead atoms. The number of esters is 1. The summed E-state index contributed by atoms with van der Waals surface area (Å²) >= 11 is 0. The highest BCUT2D eigenvalue weighted by molar-refractivity contribution is 6.01. The molecule has 0 unspecified atom stereocenters. The molecule has 28 heavy (non-hydrogen) atoms. The molecule has 0 spiro atoms. The zero-order valence-corrected chi connectivity index (χ0v) is 15.9. The fourth-order valence-corrected chi connectivity index (χ4v) is 2.52. The molecule has 2 aromatic carbocycles. The zero-order valence-electron chi connectivity index (χ0n) is 15.9. The van der Waals surface area contributed by atoms with E-state index in [1.165, 1.54) is 19.1 Å². The second-order valence-corrected chi connectivity index (χ2v) is 6.20. The van der Waals surface area contributed by atoms with Gasteiger partial charge in [-0.05, 0) is 36.8 Å². The number of amides is 1. The van der Waals surface area contributed by atoms with E-state index < -0.39 is 24.2 Å². The van der Waals surface area contributed by atoms with Gasteiger partial charge in [-0.25, -0.2) is 9.18 Å². The van der Waals surface area contributed by atoms with E-state index in [9.17, 15) is 18.8 Å². The van der Waals surface area contributed by atoms with Gasteiger partial charge in [0.15, 0.2) is 6.61 Å². The van der Waals surface area contributed by atoms with Crippen LogP contribution in [0.3, 0.4) is 0 Å². The lowest BCUT2D eigenvalue weighted by molar-refractivity contribution is -0.114. The molecule has 2 aromatic rings. The van der Waals surface area contributed by atoms with Crippen molar-refractivity contribution in [3.63, 3.8) is 0 Å².